The van der Waals surface area contributed by atoms with Crippen LogP contribution in [0.5, 0.6) is 0 Å². The summed E-state index contributed by atoms with van der Waals surface area (Å²) < 4.78 is 25.7. The van der Waals surface area contributed by atoms with Gasteiger partial charge < -0.3 is 5.73 Å². The van der Waals surface area contributed by atoms with E-state index in [1.807, 2.05) is 24.3 Å². The van der Waals surface area contributed by atoms with Gasteiger partial charge in [-0.2, -0.15) is 5.10 Å². The number of nitrogens with two attached hydrogens (primary N) is 1. The van der Waals surface area contributed by atoms with Crippen molar-refractivity contribution in [3.8, 4) is 11.3 Å². The van der Waals surface area contributed by atoms with Gasteiger partial charge in [0.15, 0.2) is 9.84 Å². The van der Waals surface area contributed by atoms with Crippen LogP contribution in [-0.4, -0.2) is 29.7 Å². The van der Waals surface area contributed by atoms with E-state index in [1.54, 1.807) is 17.8 Å². The van der Waals surface area contributed by atoms with Gasteiger partial charge in [-0.15, -0.1) is 0 Å². The van der Waals surface area contributed by atoms with Gasteiger partial charge in [0.05, 0.1) is 18.0 Å². The van der Waals surface area contributed by atoms with Crippen molar-refractivity contribution in [2.24, 2.45) is 0 Å². The Kier molecular flexibility index (Phi) is 4.69. The Hall–Kier alpha value is -1.09. The van der Waals surface area contributed by atoms with E-state index in [9.17, 15) is 8.42 Å². The Morgan fingerprint density at radius 3 is 2.55 bits per heavy atom. The predicted molar refractivity (Wildman–Crippen MR) is 89.1 cm³/mol. The van der Waals surface area contributed by atoms with E-state index in [0.29, 0.717) is 17.9 Å². The van der Waals surface area contributed by atoms with Crippen molar-refractivity contribution in [1.82, 2.24) is 9.78 Å². The van der Waals surface area contributed by atoms with Crippen LogP contribution < -0.4 is 5.73 Å². The quantitative estimate of drug-likeness (QED) is 0.774. The molecule has 0 atom stereocenters. The molecule has 0 unspecified atom stereocenters. The second-order valence-corrected chi connectivity index (χ2v) is 8.16. The highest BCUT2D eigenvalue weighted by atomic mass is 127. The maximum Gasteiger partial charge on any atom is 0.151 e. The van der Waals surface area contributed by atoms with Gasteiger partial charge in [-0.1, -0.05) is 19.1 Å². The van der Waals surface area contributed by atoms with Gasteiger partial charge in [0.2, 0.25) is 0 Å². The highest BCUT2D eigenvalue weighted by Crippen LogP contribution is 2.24. The summed E-state index contributed by atoms with van der Waals surface area (Å²) in [6, 6.07) is 7.87. The fourth-order valence-electron chi connectivity index (χ4n) is 1.76. The van der Waals surface area contributed by atoms with Crippen LogP contribution in [0.3, 0.4) is 0 Å². The third-order valence-electron chi connectivity index (χ3n) is 2.98. The molecule has 0 aliphatic carbocycles. The summed E-state index contributed by atoms with van der Waals surface area (Å²) in [5, 5.41) is 4.37. The third-order valence-corrected chi connectivity index (χ3v) is 5.38. The molecule has 1 aromatic carbocycles. The van der Waals surface area contributed by atoms with Crippen molar-refractivity contribution in [1.29, 1.82) is 0 Å². The lowest BCUT2D eigenvalue weighted by atomic mass is 10.1. The Balaban J connectivity index is 2.19. The van der Waals surface area contributed by atoms with Gasteiger partial charge in [-0.25, -0.2) is 8.42 Å². The number of nitrogen functional groups attached to an aromatic ring is 1. The number of aromatic nitrogens is 2. The highest BCUT2D eigenvalue weighted by molar-refractivity contribution is 14.1. The molecule has 1 heterocycles. The molecule has 7 heteroatoms. The number of nitrogens with zero attached hydrogens (tertiary/aromatic N) is 2. The van der Waals surface area contributed by atoms with E-state index < -0.39 is 9.84 Å². The normalized spacial score (nSPS) is 11.7. The van der Waals surface area contributed by atoms with E-state index in [0.717, 1.165) is 9.13 Å². The first-order chi connectivity index (χ1) is 9.41. The van der Waals surface area contributed by atoms with Gasteiger partial charge in [0, 0.05) is 21.1 Å². The number of aryl methyl sites for hydroxylation is 1. The molecule has 0 saturated heterocycles. The van der Waals surface area contributed by atoms with Gasteiger partial charge in [0.25, 0.3) is 0 Å². The number of halogens is 1. The first kappa shape index (κ1) is 15.3. The summed E-state index contributed by atoms with van der Waals surface area (Å²) in [7, 11) is -2.99. The number of rotatable bonds is 5. The van der Waals surface area contributed by atoms with Crippen LogP contribution in [-0.2, 0) is 16.4 Å². The molecule has 0 amide bonds. The number of anilines is 1. The van der Waals surface area contributed by atoms with Crippen LogP contribution in [0.25, 0.3) is 11.3 Å². The van der Waals surface area contributed by atoms with Gasteiger partial charge >= 0.3 is 0 Å². The van der Waals surface area contributed by atoms with E-state index in [-0.39, 0.29) is 11.5 Å². The summed E-state index contributed by atoms with van der Waals surface area (Å²) in [5.74, 6) is 0.227. The molecule has 0 spiro atoms. The molecule has 20 heavy (non-hydrogen) atoms. The van der Waals surface area contributed by atoms with Crippen LogP contribution in [0.4, 0.5) is 5.69 Å². The van der Waals surface area contributed by atoms with Crippen molar-refractivity contribution in [2.45, 2.75) is 13.5 Å². The van der Waals surface area contributed by atoms with E-state index in [1.165, 1.54) is 0 Å². The molecule has 0 saturated carbocycles. The van der Waals surface area contributed by atoms with Crippen molar-refractivity contribution in [3.05, 3.63) is 34.0 Å². The summed E-state index contributed by atoms with van der Waals surface area (Å²) in [4.78, 5) is 0. The molecule has 0 bridgehead atoms. The second-order valence-electron chi connectivity index (χ2n) is 4.44. The third kappa shape index (κ3) is 3.72. The lowest BCUT2D eigenvalue weighted by molar-refractivity contribution is 0.582. The average molecular weight is 405 g/mol. The Morgan fingerprint density at radius 1 is 1.30 bits per heavy atom. The van der Waals surface area contributed by atoms with E-state index >= 15 is 0 Å². The van der Waals surface area contributed by atoms with E-state index in [4.69, 9.17) is 5.73 Å². The fourth-order valence-corrected chi connectivity index (χ4v) is 2.87. The molecule has 0 aliphatic heterocycles. The first-order valence-corrected chi connectivity index (χ1v) is 9.10. The number of benzene rings is 1. The fraction of sp³-hybridized carbons (Fsp3) is 0.308. The number of hydrogen-bond acceptors (Lipinski definition) is 4. The van der Waals surface area contributed by atoms with Crippen molar-refractivity contribution >= 4 is 38.1 Å². The van der Waals surface area contributed by atoms with E-state index in [2.05, 4.69) is 27.7 Å². The Labute approximate surface area is 132 Å². The molecule has 2 aromatic rings. The molecule has 2 N–H and O–H groups in total. The first-order valence-electron chi connectivity index (χ1n) is 6.20. The standard InChI is InChI=1S/C13H16IN3O2S/c1-2-20(18,19)8-7-17-9-12(15)13(16-17)10-3-5-11(14)6-4-10/h3-6,9H,2,7-8,15H2,1H3. The minimum absolute atomic E-state index is 0.0801. The van der Waals surface area contributed by atoms with Crippen molar-refractivity contribution < 1.29 is 8.42 Å². The summed E-state index contributed by atoms with van der Waals surface area (Å²) in [5.41, 5.74) is 8.12. The van der Waals surface area contributed by atoms with Gasteiger partial charge in [0.1, 0.15) is 5.69 Å². The zero-order valence-corrected chi connectivity index (χ0v) is 14.1. The molecular weight excluding hydrogens is 389 g/mol. The molecule has 0 aliphatic rings. The van der Waals surface area contributed by atoms with Crippen molar-refractivity contribution in [2.75, 3.05) is 17.2 Å². The Bertz CT molecular complexity index is 693. The maximum atomic E-state index is 11.5. The smallest absolute Gasteiger partial charge is 0.151 e. The molecule has 2 rings (SSSR count). The molecule has 1 aromatic heterocycles. The highest BCUT2D eigenvalue weighted by Gasteiger charge is 2.11. The average Bonchev–Trinajstić information content (AvgIpc) is 2.79. The molecule has 0 fully saturated rings. The SMILES string of the molecule is CCS(=O)(=O)CCn1cc(N)c(-c2ccc(I)cc2)n1. The van der Waals surface area contributed by atoms with Crippen molar-refractivity contribution in [3.63, 3.8) is 0 Å². The minimum Gasteiger partial charge on any atom is -0.396 e. The summed E-state index contributed by atoms with van der Waals surface area (Å²) >= 11 is 2.23. The lowest BCUT2D eigenvalue weighted by Crippen LogP contribution is -2.14. The summed E-state index contributed by atoms with van der Waals surface area (Å²) in [6.45, 7) is 1.97. The number of sulfone groups is 1. The predicted octanol–water partition coefficient (Wildman–Crippen LogP) is 2.17. The monoisotopic (exact) mass is 405 g/mol. The van der Waals surface area contributed by atoms with Gasteiger partial charge in [-0.05, 0) is 34.7 Å². The van der Waals surface area contributed by atoms with Crippen LogP contribution in [0, 0.1) is 3.57 Å². The summed E-state index contributed by atoms with van der Waals surface area (Å²) in [6.07, 6.45) is 1.68. The molecule has 0 radical (unpaired) electrons. The van der Waals surface area contributed by atoms with Crippen LogP contribution >= 0.6 is 22.6 Å². The lowest BCUT2D eigenvalue weighted by Gasteiger charge is -2.01. The topological polar surface area (TPSA) is 78.0 Å². The minimum atomic E-state index is -2.99. The molecule has 5 nitrogen and oxygen atoms in total. The zero-order valence-electron chi connectivity index (χ0n) is 11.1. The number of hydrogen-bond donors (Lipinski definition) is 1. The Morgan fingerprint density at radius 2 is 1.95 bits per heavy atom. The second kappa shape index (κ2) is 6.13. The largest absolute Gasteiger partial charge is 0.396 e. The van der Waals surface area contributed by atoms with Gasteiger partial charge in [-0.3, -0.25) is 4.68 Å². The maximum absolute atomic E-state index is 11.5. The molecular formula is C13H16IN3O2S. The zero-order chi connectivity index (χ0) is 14.8. The van der Waals surface area contributed by atoms with Crippen LogP contribution in [0.1, 0.15) is 6.92 Å². The van der Waals surface area contributed by atoms with Crippen LogP contribution in [0.15, 0.2) is 30.5 Å². The van der Waals surface area contributed by atoms with Crippen LogP contribution in [0.2, 0.25) is 0 Å². The molecule has 108 valence electrons.